The average Bonchev–Trinajstić information content (AvgIpc) is 3.23. The smallest absolute Gasteiger partial charge is 0.318 e. The van der Waals surface area contributed by atoms with E-state index in [1.54, 1.807) is 0 Å². The van der Waals surface area contributed by atoms with Crippen molar-refractivity contribution in [2.45, 2.75) is 45.1 Å². The molecule has 7 heteroatoms. The van der Waals surface area contributed by atoms with Crippen molar-refractivity contribution in [2.24, 2.45) is 5.92 Å². The fraction of sp³-hybridized carbons (Fsp3) is 0.800. The lowest BCUT2D eigenvalue weighted by molar-refractivity contribution is 0.188. The van der Waals surface area contributed by atoms with E-state index in [9.17, 15) is 4.79 Å². The van der Waals surface area contributed by atoms with Crippen LogP contribution in [0.15, 0.2) is 4.52 Å². The molecule has 1 aromatic heterocycles. The van der Waals surface area contributed by atoms with Gasteiger partial charge in [-0.2, -0.15) is 16.7 Å². The van der Waals surface area contributed by atoms with Gasteiger partial charge >= 0.3 is 6.03 Å². The van der Waals surface area contributed by atoms with Crippen molar-refractivity contribution in [3.63, 3.8) is 0 Å². The minimum atomic E-state index is -0.0470. The van der Waals surface area contributed by atoms with Gasteiger partial charge in [-0.05, 0) is 36.7 Å². The van der Waals surface area contributed by atoms with Crippen molar-refractivity contribution in [2.75, 3.05) is 24.6 Å². The Morgan fingerprint density at radius 3 is 3.05 bits per heavy atom. The topological polar surface area (TPSA) is 71.3 Å². The first kappa shape index (κ1) is 15.6. The Morgan fingerprint density at radius 1 is 1.50 bits per heavy atom. The Morgan fingerprint density at radius 2 is 2.36 bits per heavy atom. The Kier molecular flexibility index (Phi) is 4.90. The molecule has 2 amide bonds. The number of carbonyl (C=O) groups is 1. The third-order valence-corrected chi connectivity index (χ3v) is 5.56. The number of carbonyl (C=O) groups excluding carboxylic acids is 1. The van der Waals surface area contributed by atoms with E-state index < -0.39 is 0 Å². The van der Waals surface area contributed by atoms with Gasteiger partial charge in [0.2, 0.25) is 5.89 Å². The molecule has 0 bridgehead atoms. The molecule has 0 aromatic carbocycles. The van der Waals surface area contributed by atoms with Crippen LogP contribution in [0.5, 0.6) is 0 Å². The highest BCUT2D eigenvalue weighted by Crippen LogP contribution is 2.31. The number of amides is 2. The van der Waals surface area contributed by atoms with E-state index in [0.29, 0.717) is 17.6 Å². The highest BCUT2D eigenvalue weighted by Gasteiger charge is 2.34. The normalized spacial score (nSPS) is 25.1. The molecule has 22 heavy (non-hydrogen) atoms. The Labute approximate surface area is 135 Å². The molecule has 3 heterocycles. The van der Waals surface area contributed by atoms with Crippen molar-refractivity contribution < 1.29 is 9.32 Å². The summed E-state index contributed by atoms with van der Waals surface area (Å²) in [6.45, 7) is 5.59. The quantitative estimate of drug-likeness (QED) is 0.922. The van der Waals surface area contributed by atoms with E-state index in [0.717, 1.165) is 31.7 Å². The van der Waals surface area contributed by atoms with Crippen molar-refractivity contribution in [3.05, 3.63) is 11.7 Å². The number of urea groups is 1. The predicted octanol–water partition coefficient (Wildman–Crippen LogP) is 2.79. The molecule has 2 fully saturated rings. The number of nitrogens with one attached hydrogen (secondary N) is 1. The molecular formula is C15H24N4O2S. The molecule has 6 nitrogen and oxygen atoms in total. The van der Waals surface area contributed by atoms with Crippen LogP contribution in [0, 0.1) is 5.92 Å². The van der Waals surface area contributed by atoms with E-state index in [4.69, 9.17) is 4.52 Å². The van der Waals surface area contributed by atoms with Crippen LogP contribution in [0.4, 0.5) is 4.79 Å². The molecule has 2 atom stereocenters. The summed E-state index contributed by atoms with van der Waals surface area (Å²) in [5.41, 5.74) is 0. The second-order valence-corrected chi connectivity index (χ2v) is 7.56. The van der Waals surface area contributed by atoms with Gasteiger partial charge in [0, 0.05) is 19.0 Å². The molecule has 0 aliphatic carbocycles. The molecule has 0 radical (unpaired) electrons. The van der Waals surface area contributed by atoms with E-state index in [1.807, 2.05) is 30.5 Å². The Bertz CT molecular complexity index is 513. The van der Waals surface area contributed by atoms with Gasteiger partial charge in [-0.25, -0.2) is 4.79 Å². The second kappa shape index (κ2) is 6.89. The number of thioether (sulfide) groups is 1. The molecule has 122 valence electrons. The van der Waals surface area contributed by atoms with Gasteiger partial charge in [0.25, 0.3) is 0 Å². The fourth-order valence-electron chi connectivity index (χ4n) is 2.97. The largest absolute Gasteiger partial charge is 0.339 e. The molecule has 3 rings (SSSR count). The zero-order valence-corrected chi connectivity index (χ0v) is 14.1. The first-order valence-electron chi connectivity index (χ1n) is 8.11. The van der Waals surface area contributed by atoms with E-state index >= 15 is 0 Å². The number of aromatic nitrogens is 2. The molecule has 0 unspecified atom stereocenters. The maximum Gasteiger partial charge on any atom is 0.318 e. The molecule has 2 aliphatic rings. The maximum atomic E-state index is 12.4. The lowest BCUT2D eigenvalue weighted by Crippen LogP contribution is -2.41. The number of likely N-dealkylation sites (tertiary alicyclic amines) is 1. The summed E-state index contributed by atoms with van der Waals surface area (Å²) in [5.74, 6) is 4.50. The summed E-state index contributed by atoms with van der Waals surface area (Å²) in [4.78, 5) is 18.8. The predicted molar refractivity (Wildman–Crippen MR) is 85.9 cm³/mol. The van der Waals surface area contributed by atoms with Crippen molar-refractivity contribution in [3.8, 4) is 0 Å². The second-order valence-electron chi connectivity index (χ2n) is 6.41. The van der Waals surface area contributed by atoms with Crippen molar-refractivity contribution >= 4 is 17.8 Å². The molecular weight excluding hydrogens is 300 g/mol. The average molecular weight is 324 g/mol. The number of hydrogen-bond donors (Lipinski definition) is 1. The summed E-state index contributed by atoms with van der Waals surface area (Å²) >= 11 is 1.97. The summed E-state index contributed by atoms with van der Waals surface area (Å²) in [5, 5.41) is 7.16. The monoisotopic (exact) mass is 324 g/mol. The highest BCUT2D eigenvalue weighted by atomic mass is 32.2. The summed E-state index contributed by atoms with van der Waals surface area (Å²) < 4.78 is 5.29. The molecule has 2 aliphatic heterocycles. The summed E-state index contributed by atoms with van der Waals surface area (Å²) in [6, 6.07) is -0.0375. The fourth-order valence-corrected chi connectivity index (χ4v) is 4.26. The van der Waals surface area contributed by atoms with Crippen molar-refractivity contribution in [1.82, 2.24) is 20.4 Å². The molecule has 1 N–H and O–H groups in total. The standard InChI is InChI=1S/C15H24N4O2S/c1-10(2)14-17-13(18-21-14)12-4-3-6-19(12)15(20)16-8-11-5-7-22-9-11/h10-12H,3-9H2,1-2H3,(H,16,20)/t11-,12-/m0/s1. The van der Waals surface area contributed by atoms with E-state index in [2.05, 4.69) is 15.5 Å². The number of rotatable bonds is 4. The third-order valence-electron chi connectivity index (χ3n) is 4.33. The zero-order chi connectivity index (χ0) is 15.5. The van der Waals surface area contributed by atoms with Crippen LogP contribution in [0.25, 0.3) is 0 Å². The van der Waals surface area contributed by atoms with Gasteiger partial charge < -0.3 is 14.7 Å². The van der Waals surface area contributed by atoms with Gasteiger partial charge in [0.15, 0.2) is 5.82 Å². The van der Waals surface area contributed by atoms with E-state index in [1.165, 1.54) is 12.2 Å². The third kappa shape index (κ3) is 3.39. The number of nitrogens with zero attached hydrogens (tertiary/aromatic N) is 3. The van der Waals surface area contributed by atoms with Crippen molar-refractivity contribution in [1.29, 1.82) is 0 Å². The Hall–Kier alpha value is -1.24. The van der Waals surface area contributed by atoms with Crippen LogP contribution in [-0.4, -0.2) is 45.7 Å². The lowest BCUT2D eigenvalue weighted by atomic mass is 10.1. The van der Waals surface area contributed by atoms with Gasteiger partial charge in [-0.3, -0.25) is 0 Å². The SMILES string of the molecule is CC(C)c1nc([C@@H]2CCCN2C(=O)NC[C@@H]2CCSC2)no1. The van der Waals surface area contributed by atoms with Crippen LogP contribution in [0.3, 0.4) is 0 Å². The highest BCUT2D eigenvalue weighted by molar-refractivity contribution is 7.99. The van der Waals surface area contributed by atoms with Crippen LogP contribution in [0.2, 0.25) is 0 Å². The minimum Gasteiger partial charge on any atom is -0.339 e. The summed E-state index contributed by atoms with van der Waals surface area (Å²) in [6.07, 6.45) is 3.10. The zero-order valence-electron chi connectivity index (χ0n) is 13.2. The van der Waals surface area contributed by atoms with E-state index in [-0.39, 0.29) is 18.0 Å². The molecule has 0 spiro atoms. The van der Waals surface area contributed by atoms with Gasteiger partial charge in [-0.1, -0.05) is 19.0 Å². The molecule has 0 saturated carbocycles. The maximum absolute atomic E-state index is 12.4. The Balaban J connectivity index is 1.60. The van der Waals surface area contributed by atoms with Crippen LogP contribution in [-0.2, 0) is 0 Å². The molecule has 2 saturated heterocycles. The van der Waals surface area contributed by atoms with Gasteiger partial charge in [-0.15, -0.1) is 0 Å². The first-order valence-corrected chi connectivity index (χ1v) is 9.26. The number of hydrogen-bond acceptors (Lipinski definition) is 5. The molecule has 1 aromatic rings. The van der Waals surface area contributed by atoms with Gasteiger partial charge in [0.1, 0.15) is 0 Å². The van der Waals surface area contributed by atoms with Crippen LogP contribution in [0.1, 0.15) is 56.8 Å². The minimum absolute atomic E-state index is 0.00953. The lowest BCUT2D eigenvalue weighted by Gasteiger charge is -2.23. The van der Waals surface area contributed by atoms with Crippen LogP contribution >= 0.6 is 11.8 Å². The van der Waals surface area contributed by atoms with Crippen LogP contribution < -0.4 is 5.32 Å². The summed E-state index contributed by atoms with van der Waals surface area (Å²) in [7, 11) is 0. The van der Waals surface area contributed by atoms with Gasteiger partial charge in [0.05, 0.1) is 6.04 Å². The first-order chi connectivity index (χ1) is 10.6.